The topological polar surface area (TPSA) is 111 Å². The summed E-state index contributed by atoms with van der Waals surface area (Å²) in [4.78, 5) is 36.2. The fraction of sp³-hybridized carbons (Fsp3) is 0.368. The number of amides is 2. The summed E-state index contributed by atoms with van der Waals surface area (Å²) in [6, 6.07) is 7.01. The van der Waals surface area contributed by atoms with Gasteiger partial charge in [0, 0.05) is 22.8 Å². The Morgan fingerprint density at radius 1 is 1.14 bits per heavy atom. The lowest BCUT2D eigenvalue weighted by molar-refractivity contribution is -0.127. The van der Waals surface area contributed by atoms with Crippen LogP contribution in [0.2, 0.25) is 0 Å². The molecule has 0 fully saturated rings. The molecule has 0 saturated heterocycles. The monoisotopic (exact) mass is 405 g/mol. The molecule has 1 aromatic carbocycles. The number of hydrogen-bond acceptors (Lipinski definition) is 7. The quantitative estimate of drug-likeness (QED) is 0.485. The Labute approximate surface area is 167 Å². The molecule has 150 valence electrons. The number of nitrogens with zero attached hydrogens (tertiary/aromatic N) is 1. The lowest BCUT2D eigenvalue weighted by Gasteiger charge is -2.10. The molecular formula is C19H23N3O5S. The number of nitrogens with one attached hydrogen (secondary N) is 2. The number of aromatic nitrogens is 1. The Hall–Kier alpha value is -2.81. The van der Waals surface area contributed by atoms with Crippen molar-refractivity contribution in [1.82, 2.24) is 15.8 Å². The molecule has 9 heteroatoms. The minimum absolute atomic E-state index is 0.159. The van der Waals surface area contributed by atoms with E-state index in [1.165, 1.54) is 11.8 Å². The van der Waals surface area contributed by atoms with Crippen molar-refractivity contribution < 1.29 is 23.6 Å². The van der Waals surface area contributed by atoms with E-state index in [2.05, 4.69) is 15.8 Å². The van der Waals surface area contributed by atoms with E-state index in [-0.39, 0.29) is 12.5 Å². The van der Waals surface area contributed by atoms with Crippen LogP contribution in [0.15, 0.2) is 33.7 Å². The number of carbonyl (C=O) groups excluding carboxylic acids is 3. The van der Waals surface area contributed by atoms with Crippen molar-refractivity contribution in [3.05, 3.63) is 46.8 Å². The molecule has 0 spiro atoms. The first kappa shape index (κ1) is 21.5. The van der Waals surface area contributed by atoms with Crippen molar-refractivity contribution >= 4 is 29.5 Å². The molecule has 0 saturated carbocycles. The zero-order chi connectivity index (χ0) is 20.5. The second kappa shape index (κ2) is 10.5. The lowest BCUT2D eigenvalue weighted by atomic mass is 10.2. The molecule has 28 heavy (non-hydrogen) atoms. The van der Waals surface area contributed by atoms with Crippen molar-refractivity contribution in [2.45, 2.75) is 31.4 Å². The van der Waals surface area contributed by atoms with Gasteiger partial charge >= 0.3 is 5.97 Å². The van der Waals surface area contributed by atoms with Crippen molar-refractivity contribution in [2.75, 3.05) is 19.7 Å². The smallest absolute Gasteiger partial charge is 0.339 e. The molecule has 0 bridgehead atoms. The third-order valence-corrected chi connectivity index (χ3v) is 4.91. The van der Waals surface area contributed by atoms with E-state index < -0.39 is 18.5 Å². The fourth-order valence-electron chi connectivity index (χ4n) is 2.32. The van der Waals surface area contributed by atoms with Gasteiger partial charge in [-0.3, -0.25) is 9.59 Å². The van der Waals surface area contributed by atoms with Crippen LogP contribution >= 0.6 is 11.8 Å². The van der Waals surface area contributed by atoms with Crippen LogP contribution in [0.4, 0.5) is 0 Å². The zero-order valence-corrected chi connectivity index (χ0v) is 16.9. The number of ether oxygens (including phenoxy) is 1. The number of thioether (sulfide) groups is 1. The number of benzene rings is 1. The van der Waals surface area contributed by atoms with E-state index in [0.29, 0.717) is 17.9 Å². The average Bonchev–Trinajstić information content (AvgIpc) is 3.01. The molecule has 0 atom stereocenters. The van der Waals surface area contributed by atoms with Crippen LogP contribution in [0.25, 0.3) is 0 Å². The molecule has 2 aromatic rings. The highest BCUT2D eigenvalue weighted by molar-refractivity contribution is 7.98. The van der Waals surface area contributed by atoms with E-state index in [1.807, 2.05) is 26.0 Å². The Bertz CT molecular complexity index is 830. The highest BCUT2D eigenvalue weighted by Crippen LogP contribution is 2.29. The summed E-state index contributed by atoms with van der Waals surface area (Å²) in [5.74, 6) is -0.106. The Morgan fingerprint density at radius 3 is 2.57 bits per heavy atom. The summed E-state index contributed by atoms with van der Waals surface area (Å²) in [5, 5.41) is 8.87. The van der Waals surface area contributed by atoms with Crippen LogP contribution < -0.4 is 10.6 Å². The number of aryl methyl sites for hydroxylation is 2. The Kier molecular flexibility index (Phi) is 8.06. The van der Waals surface area contributed by atoms with Gasteiger partial charge in [0.05, 0.1) is 17.8 Å². The van der Waals surface area contributed by atoms with Gasteiger partial charge in [-0.15, -0.1) is 11.8 Å². The van der Waals surface area contributed by atoms with E-state index in [1.54, 1.807) is 19.1 Å². The van der Waals surface area contributed by atoms with Crippen LogP contribution in [0, 0.1) is 13.8 Å². The molecule has 0 unspecified atom stereocenters. The molecule has 0 aliphatic heterocycles. The third kappa shape index (κ3) is 6.12. The summed E-state index contributed by atoms with van der Waals surface area (Å²) in [5.41, 5.74) is 2.17. The summed E-state index contributed by atoms with van der Waals surface area (Å²) >= 11 is 1.46. The van der Waals surface area contributed by atoms with E-state index in [9.17, 15) is 14.4 Å². The van der Waals surface area contributed by atoms with Gasteiger partial charge in [-0.2, -0.15) is 0 Å². The molecule has 1 aromatic heterocycles. The maximum absolute atomic E-state index is 12.4. The molecule has 2 rings (SSSR count). The van der Waals surface area contributed by atoms with Crippen LogP contribution in [-0.2, 0) is 20.1 Å². The lowest BCUT2D eigenvalue weighted by Crippen LogP contribution is -2.38. The number of esters is 1. The first-order valence-electron chi connectivity index (χ1n) is 8.76. The third-order valence-electron chi connectivity index (χ3n) is 3.81. The maximum atomic E-state index is 12.4. The van der Waals surface area contributed by atoms with Gasteiger partial charge in [0.2, 0.25) is 5.91 Å². The molecule has 8 nitrogen and oxygen atoms in total. The average molecular weight is 405 g/mol. The minimum Gasteiger partial charge on any atom is -0.452 e. The predicted molar refractivity (Wildman–Crippen MR) is 104 cm³/mol. The Morgan fingerprint density at radius 2 is 1.89 bits per heavy atom. The van der Waals surface area contributed by atoms with Crippen LogP contribution in [-0.4, -0.2) is 42.6 Å². The fourth-order valence-corrected chi connectivity index (χ4v) is 3.51. The first-order chi connectivity index (χ1) is 13.4. The zero-order valence-electron chi connectivity index (χ0n) is 16.0. The minimum atomic E-state index is -0.602. The van der Waals surface area contributed by atoms with Crippen LogP contribution in [0.1, 0.15) is 34.3 Å². The first-order valence-corrected chi connectivity index (χ1v) is 9.75. The van der Waals surface area contributed by atoms with Gasteiger partial charge < -0.3 is 19.9 Å². The van der Waals surface area contributed by atoms with Gasteiger partial charge in [-0.25, -0.2) is 4.79 Å². The Balaban J connectivity index is 1.91. The van der Waals surface area contributed by atoms with Crippen molar-refractivity contribution in [3.63, 3.8) is 0 Å². The summed E-state index contributed by atoms with van der Waals surface area (Å²) < 4.78 is 10.2. The largest absolute Gasteiger partial charge is 0.452 e. The molecule has 0 radical (unpaired) electrons. The van der Waals surface area contributed by atoms with Crippen LogP contribution in [0.3, 0.4) is 0 Å². The van der Waals surface area contributed by atoms with Gasteiger partial charge in [0.1, 0.15) is 5.76 Å². The van der Waals surface area contributed by atoms with E-state index >= 15 is 0 Å². The second-order valence-corrected chi connectivity index (χ2v) is 6.91. The molecule has 1 heterocycles. The van der Waals surface area contributed by atoms with Crippen molar-refractivity contribution in [2.24, 2.45) is 0 Å². The second-order valence-electron chi connectivity index (χ2n) is 5.89. The van der Waals surface area contributed by atoms with Gasteiger partial charge in [0.15, 0.2) is 6.61 Å². The van der Waals surface area contributed by atoms with Crippen LogP contribution in [0.5, 0.6) is 0 Å². The van der Waals surface area contributed by atoms with Crippen molar-refractivity contribution in [3.8, 4) is 0 Å². The number of rotatable bonds is 9. The number of carbonyl (C=O) groups is 3. The highest BCUT2D eigenvalue weighted by Gasteiger charge is 2.16. The molecule has 0 aliphatic carbocycles. The molecular weight excluding hydrogens is 382 g/mol. The number of likely N-dealkylation sites (N-methyl/N-ethyl adjacent to an activating group) is 1. The van der Waals surface area contributed by atoms with Gasteiger partial charge in [-0.1, -0.05) is 17.3 Å². The predicted octanol–water partition coefficient (Wildman–Crippen LogP) is 1.99. The number of hydrogen-bond donors (Lipinski definition) is 2. The molecule has 2 N–H and O–H groups in total. The maximum Gasteiger partial charge on any atom is 0.339 e. The molecule has 2 amide bonds. The summed E-state index contributed by atoms with van der Waals surface area (Å²) in [6.45, 7) is 5.35. The summed E-state index contributed by atoms with van der Waals surface area (Å²) in [6.07, 6.45) is 0. The summed E-state index contributed by atoms with van der Waals surface area (Å²) in [7, 11) is 0. The highest BCUT2D eigenvalue weighted by atomic mass is 32.2. The van der Waals surface area contributed by atoms with E-state index in [4.69, 9.17) is 9.26 Å². The normalized spacial score (nSPS) is 10.4. The standard InChI is InChI=1S/C19H23N3O5S/c1-4-20-17(23)9-21-18(24)10-26-19(25)14-7-5-6-8-16(14)28-11-15-12(2)22-27-13(15)3/h5-8H,4,9-11H2,1-3H3,(H,20,23)(H,21,24). The van der Waals surface area contributed by atoms with E-state index in [0.717, 1.165) is 21.9 Å². The van der Waals surface area contributed by atoms with Crippen molar-refractivity contribution in [1.29, 1.82) is 0 Å². The molecule has 0 aliphatic rings. The van der Waals surface area contributed by atoms with Gasteiger partial charge in [-0.05, 0) is 32.9 Å². The van der Waals surface area contributed by atoms with Gasteiger partial charge in [0.25, 0.3) is 5.91 Å². The SMILES string of the molecule is CCNC(=O)CNC(=O)COC(=O)c1ccccc1SCc1c(C)noc1C.